The van der Waals surface area contributed by atoms with Crippen molar-refractivity contribution in [1.29, 1.82) is 0 Å². The summed E-state index contributed by atoms with van der Waals surface area (Å²) >= 11 is 0. The number of nitrogens with one attached hydrogen (secondary N) is 1. The Labute approximate surface area is 133 Å². The molecule has 0 saturated heterocycles. The molecular formula is C20H27NO. The van der Waals surface area contributed by atoms with Crippen molar-refractivity contribution in [3.8, 4) is 0 Å². The first-order valence-corrected chi connectivity index (χ1v) is 8.97. The molecule has 4 atom stereocenters. The molecule has 0 spiro atoms. The molecule has 2 saturated carbocycles. The number of fused-ring (bicyclic) bond motifs is 1. The Morgan fingerprint density at radius 1 is 1.05 bits per heavy atom. The zero-order valence-corrected chi connectivity index (χ0v) is 13.3. The van der Waals surface area contributed by atoms with Crippen molar-refractivity contribution in [2.45, 2.75) is 44.1 Å². The van der Waals surface area contributed by atoms with Crippen LogP contribution in [0.5, 0.6) is 0 Å². The molecule has 1 N–H and O–H groups in total. The SMILES string of the molecule is C1=C(CN[C@H]2[C@H]3CCCC[C@@H]3[C@@H]2c2ccccc2)COCC1. The molecule has 0 amide bonds. The summed E-state index contributed by atoms with van der Waals surface area (Å²) < 4.78 is 5.58. The van der Waals surface area contributed by atoms with E-state index in [1.165, 1.54) is 36.8 Å². The molecule has 1 aromatic carbocycles. The lowest BCUT2D eigenvalue weighted by Crippen LogP contribution is -2.58. The zero-order valence-electron chi connectivity index (χ0n) is 13.3. The van der Waals surface area contributed by atoms with E-state index in [1.54, 1.807) is 0 Å². The van der Waals surface area contributed by atoms with Crippen molar-refractivity contribution < 1.29 is 4.74 Å². The first kappa shape index (κ1) is 14.5. The normalized spacial score (nSPS) is 34.5. The molecule has 2 heteroatoms. The van der Waals surface area contributed by atoms with Gasteiger partial charge in [-0.25, -0.2) is 0 Å². The van der Waals surface area contributed by atoms with Gasteiger partial charge in [0.15, 0.2) is 0 Å². The van der Waals surface area contributed by atoms with Crippen molar-refractivity contribution in [2.24, 2.45) is 11.8 Å². The summed E-state index contributed by atoms with van der Waals surface area (Å²) in [5.41, 5.74) is 2.98. The Balaban J connectivity index is 1.47. The van der Waals surface area contributed by atoms with Crippen LogP contribution in [0.1, 0.15) is 43.6 Å². The lowest BCUT2D eigenvalue weighted by Gasteiger charge is -2.55. The van der Waals surface area contributed by atoms with Gasteiger partial charge in [-0.3, -0.25) is 0 Å². The van der Waals surface area contributed by atoms with Gasteiger partial charge in [0.05, 0.1) is 13.2 Å². The third kappa shape index (κ3) is 2.75. The van der Waals surface area contributed by atoms with E-state index < -0.39 is 0 Å². The molecule has 2 fully saturated rings. The highest BCUT2D eigenvalue weighted by atomic mass is 16.5. The lowest BCUT2D eigenvalue weighted by molar-refractivity contribution is 0.0272. The van der Waals surface area contributed by atoms with E-state index in [2.05, 4.69) is 41.7 Å². The third-order valence-corrected chi connectivity index (χ3v) is 5.92. The highest BCUT2D eigenvalue weighted by molar-refractivity contribution is 5.28. The second kappa shape index (κ2) is 6.55. The molecule has 0 aromatic heterocycles. The van der Waals surface area contributed by atoms with E-state index in [1.807, 2.05) is 0 Å². The predicted molar refractivity (Wildman–Crippen MR) is 89.9 cm³/mol. The van der Waals surface area contributed by atoms with E-state index in [-0.39, 0.29) is 0 Å². The Morgan fingerprint density at radius 2 is 1.86 bits per heavy atom. The van der Waals surface area contributed by atoms with Crippen LogP contribution >= 0.6 is 0 Å². The van der Waals surface area contributed by atoms with Gasteiger partial charge in [0, 0.05) is 18.5 Å². The van der Waals surface area contributed by atoms with Gasteiger partial charge in [-0.1, -0.05) is 49.2 Å². The van der Waals surface area contributed by atoms with Crippen LogP contribution in [0.3, 0.4) is 0 Å². The number of benzene rings is 1. The second-order valence-electron chi connectivity index (χ2n) is 7.16. The molecule has 22 heavy (non-hydrogen) atoms. The second-order valence-corrected chi connectivity index (χ2v) is 7.16. The maximum absolute atomic E-state index is 5.58. The maximum Gasteiger partial charge on any atom is 0.0689 e. The van der Waals surface area contributed by atoms with Crippen molar-refractivity contribution in [3.63, 3.8) is 0 Å². The Hall–Kier alpha value is -1.12. The quantitative estimate of drug-likeness (QED) is 0.851. The maximum atomic E-state index is 5.58. The van der Waals surface area contributed by atoms with Gasteiger partial charge in [-0.05, 0) is 42.2 Å². The van der Waals surface area contributed by atoms with E-state index in [0.29, 0.717) is 6.04 Å². The number of hydrogen-bond acceptors (Lipinski definition) is 2. The van der Waals surface area contributed by atoms with Crippen LogP contribution in [0, 0.1) is 11.8 Å². The van der Waals surface area contributed by atoms with Gasteiger partial charge in [0.2, 0.25) is 0 Å². The molecule has 4 rings (SSSR count). The number of hydrogen-bond donors (Lipinski definition) is 1. The minimum Gasteiger partial charge on any atom is -0.377 e. The van der Waals surface area contributed by atoms with Crippen molar-refractivity contribution >= 4 is 0 Å². The fourth-order valence-electron chi connectivity index (χ4n) is 4.86. The van der Waals surface area contributed by atoms with E-state index in [9.17, 15) is 0 Å². The summed E-state index contributed by atoms with van der Waals surface area (Å²) in [6.07, 6.45) is 9.14. The topological polar surface area (TPSA) is 21.3 Å². The van der Waals surface area contributed by atoms with Crippen LogP contribution < -0.4 is 5.32 Å². The highest BCUT2D eigenvalue weighted by Gasteiger charge is 2.50. The molecule has 3 aliphatic rings. The van der Waals surface area contributed by atoms with Gasteiger partial charge in [-0.15, -0.1) is 0 Å². The highest BCUT2D eigenvalue weighted by Crippen LogP contribution is 2.54. The average molecular weight is 297 g/mol. The van der Waals surface area contributed by atoms with Gasteiger partial charge < -0.3 is 10.1 Å². The molecule has 1 heterocycles. The third-order valence-electron chi connectivity index (χ3n) is 5.92. The minimum atomic E-state index is 0.663. The molecular weight excluding hydrogens is 270 g/mol. The largest absolute Gasteiger partial charge is 0.377 e. The molecule has 1 aliphatic heterocycles. The number of rotatable bonds is 4. The molecule has 0 bridgehead atoms. The molecule has 0 radical (unpaired) electrons. The van der Waals surface area contributed by atoms with Gasteiger partial charge in [0.25, 0.3) is 0 Å². The van der Waals surface area contributed by atoms with Gasteiger partial charge in [0.1, 0.15) is 0 Å². The van der Waals surface area contributed by atoms with Crippen LogP contribution in [-0.4, -0.2) is 25.8 Å². The van der Waals surface area contributed by atoms with Crippen molar-refractivity contribution in [3.05, 3.63) is 47.5 Å². The Morgan fingerprint density at radius 3 is 2.64 bits per heavy atom. The monoisotopic (exact) mass is 297 g/mol. The fourth-order valence-corrected chi connectivity index (χ4v) is 4.86. The zero-order chi connectivity index (χ0) is 14.8. The van der Waals surface area contributed by atoms with Crippen LogP contribution in [0.15, 0.2) is 42.0 Å². The summed E-state index contributed by atoms with van der Waals surface area (Å²) in [6, 6.07) is 11.8. The smallest absolute Gasteiger partial charge is 0.0689 e. The van der Waals surface area contributed by atoms with E-state index in [0.717, 1.165) is 43.9 Å². The van der Waals surface area contributed by atoms with Crippen LogP contribution in [0.25, 0.3) is 0 Å². The standard InChI is InChI=1S/C20H27NO/c1-2-8-16(9-3-1)19-17-10-4-5-11-18(17)20(19)21-13-15-7-6-12-22-14-15/h1-3,7-9,17-21H,4-6,10-14H2/t17-,18-,19-,20-/m0/s1. The van der Waals surface area contributed by atoms with Crippen molar-refractivity contribution in [1.82, 2.24) is 5.32 Å². The molecule has 2 aliphatic carbocycles. The molecule has 118 valence electrons. The van der Waals surface area contributed by atoms with Gasteiger partial charge in [-0.2, -0.15) is 0 Å². The summed E-state index contributed by atoms with van der Waals surface area (Å²) in [4.78, 5) is 0. The Bertz CT molecular complexity index is 524. The van der Waals surface area contributed by atoms with E-state index in [4.69, 9.17) is 4.74 Å². The average Bonchev–Trinajstić information content (AvgIpc) is 2.58. The van der Waals surface area contributed by atoms with Crippen LogP contribution in [-0.2, 0) is 4.74 Å². The predicted octanol–water partition coefficient (Wildman–Crippen LogP) is 3.90. The lowest BCUT2D eigenvalue weighted by atomic mass is 9.53. The summed E-state index contributed by atoms with van der Waals surface area (Å²) in [5, 5.41) is 3.89. The van der Waals surface area contributed by atoms with Crippen molar-refractivity contribution in [2.75, 3.05) is 19.8 Å². The number of ether oxygens (including phenoxy) is 1. The summed E-state index contributed by atoms with van der Waals surface area (Å²) in [7, 11) is 0. The Kier molecular flexibility index (Phi) is 4.31. The summed E-state index contributed by atoms with van der Waals surface area (Å²) in [5.74, 6) is 2.52. The van der Waals surface area contributed by atoms with Gasteiger partial charge >= 0.3 is 0 Å². The minimum absolute atomic E-state index is 0.663. The van der Waals surface area contributed by atoms with Crippen LogP contribution in [0.2, 0.25) is 0 Å². The first-order valence-electron chi connectivity index (χ1n) is 8.97. The van der Waals surface area contributed by atoms with Crippen LogP contribution in [0.4, 0.5) is 0 Å². The van der Waals surface area contributed by atoms with E-state index >= 15 is 0 Å². The molecule has 1 aromatic rings. The molecule has 2 nitrogen and oxygen atoms in total. The summed E-state index contributed by atoms with van der Waals surface area (Å²) in [6.45, 7) is 2.73. The fraction of sp³-hybridized carbons (Fsp3) is 0.600. The first-order chi connectivity index (χ1) is 10.9. The molecule has 0 unspecified atom stereocenters.